The van der Waals surface area contributed by atoms with E-state index in [0.29, 0.717) is 12.1 Å². The highest BCUT2D eigenvalue weighted by atomic mass is 16.5. The quantitative estimate of drug-likeness (QED) is 0.484. The number of hydrogen-bond acceptors (Lipinski definition) is 6. The molecule has 1 aliphatic rings. The van der Waals surface area contributed by atoms with Gasteiger partial charge in [0.25, 0.3) is 0 Å². The summed E-state index contributed by atoms with van der Waals surface area (Å²) in [5.74, 6) is 1.59. The third-order valence-electron chi connectivity index (χ3n) is 6.04. The van der Waals surface area contributed by atoms with Gasteiger partial charge in [0.15, 0.2) is 5.65 Å². The van der Waals surface area contributed by atoms with Gasteiger partial charge >= 0.3 is 0 Å². The summed E-state index contributed by atoms with van der Waals surface area (Å²) in [5, 5.41) is 30.7. The Kier molecular flexibility index (Phi) is 4.56. The SMILES string of the molecule is COc1ccc(-c2cc3nccc(N[C@@H]4C[C@@H](C)[C@@H](O)[C@H]4O)n3n2)c2ccccc12. The highest BCUT2D eigenvalue weighted by molar-refractivity contribution is 5.99. The molecule has 4 atom stereocenters. The van der Waals surface area contributed by atoms with Gasteiger partial charge in [0.1, 0.15) is 17.7 Å². The van der Waals surface area contributed by atoms with Gasteiger partial charge in [0, 0.05) is 23.2 Å². The average Bonchev–Trinajstić information content (AvgIpc) is 3.30. The normalized spacial score (nSPS) is 23.9. The van der Waals surface area contributed by atoms with E-state index in [2.05, 4.69) is 16.4 Å². The summed E-state index contributed by atoms with van der Waals surface area (Å²) < 4.78 is 7.25. The molecule has 0 unspecified atom stereocenters. The first-order chi connectivity index (χ1) is 14.6. The van der Waals surface area contributed by atoms with E-state index in [-0.39, 0.29) is 12.0 Å². The fraction of sp³-hybridized carbons (Fsp3) is 0.304. The Bertz CT molecular complexity index is 1220. The molecule has 3 N–H and O–H groups in total. The highest BCUT2D eigenvalue weighted by Gasteiger charge is 2.39. The van der Waals surface area contributed by atoms with Crippen LogP contribution in [-0.4, -0.2) is 50.2 Å². The number of rotatable bonds is 4. The molecule has 154 valence electrons. The second-order valence-electron chi connectivity index (χ2n) is 7.94. The predicted octanol–water partition coefficient (Wildman–Crippen LogP) is 3.10. The lowest BCUT2D eigenvalue weighted by molar-refractivity contribution is 0.0210. The minimum absolute atomic E-state index is 0.0358. The van der Waals surface area contributed by atoms with Gasteiger partial charge in [-0.05, 0) is 35.9 Å². The van der Waals surface area contributed by atoms with E-state index in [1.165, 1.54) is 0 Å². The molecule has 1 saturated carbocycles. The number of aromatic nitrogens is 3. The lowest BCUT2D eigenvalue weighted by Crippen LogP contribution is -2.35. The third-order valence-corrected chi connectivity index (χ3v) is 6.04. The zero-order chi connectivity index (χ0) is 20.8. The molecule has 7 heteroatoms. The molecule has 0 amide bonds. The summed E-state index contributed by atoms with van der Waals surface area (Å²) in [4.78, 5) is 4.45. The number of ether oxygens (including phenoxy) is 1. The second-order valence-corrected chi connectivity index (χ2v) is 7.94. The number of aliphatic hydroxyl groups is 2. The standard InChI is InChI=1S/C23H24N4O3/c1-13-11-18(23(29)22(13)28)25-20-9-10-24-21-12-17(26-27(20)21)15-7-8-19(30-2)16-6-4-3-5-14(15)16/h3-10,12-13,18,22-23,25,28-29H,11H2,1-2H3/t13-,18-,22-,23+/m1/s1. The Morgan fingerprint density at radius 2 is 1.87 bits per heavy atom. The minimum atomic E-state index is -0.816. The number of methoxy groups -OCH3 is 1. The van der Waals surface area contributed by atoms with Crippen LogP contribution >= 0.6 is 0 Å². The smallest absolute Gasteiger partial charge is 0.157 e. The van der Waals surface area contributed by atoms with Crippen molar-refractivity contribution in [2.45, 2.75) is 31.6 Å². The maximum absolute atomic E-state index is 10.3. The van der Waals surface area contributed by atoms with Crippen molar-refractivity contribution in [3.8, 4) is 17.0 Å². The zero-order valence-electron chi connectivity index (χ0n) is 16.9. The molecule has 0 aliphatic heterocycles. The summed E-state index contributed by atoms with van der Waals surface area (Å²) in [5.41, 5.74) is 2.50. The van der Waals surface area contributed by atoms with Crippen molar-refractivity contribution in [3.05, 3.63) is 54.7 Å². The van der Waals surface area contributed by atoms with Crippen LogP contribution in [0.3, 0.4) is 0 Å². The topological polar surface area (TPSA) is 91.9 Å². The largest absolute Gasteiger partial charge is 0.496 e. The van der Waals surface area contributed by atoms with Gasteiger partial charge in [0.2, 0.25) is 0 Å². The van der Waals surface area contributed by atoms with Crippen LogP contribution in [0.4, 0.5) is 5.82 Å². The predicted molar refractivity (Wildman–Crippen MR) is 116 cm³/mol. The first kappa shape index (κ1) is 18.8. The van der Waals surface area contributed by atoms with E-state index in [0.717, 1.165) is 33.6 Å². The number of aliphatic hydroxyl groups excluding tert-OH is 2. The summed E-state index contributed by atoms with van der Waals surface area (Å²) in [6.45, 7) is 1.94. The Balaban J connectivity index is 1.57. The van der Waals surface area contributed by atoms with Gasteiger partial charge in [-0.15, -0.1) is 0 Å². The van der Waals surface area contributed by atoms with Gasteiger partial charge in [-0.3, -0.25) is 0 Å². The minimum Gasteiger partial charge on any atom is -0.496 e. The highest BCUT2D eigenvalue weighted by Crippen LogP contribution is 2.34. The second kappa shape index (κ2) is 7.27. The number of benzene rings is 2. The lowest BCUT2D eigenvalue weighted by Gasteiger charge is -2.19. The van der Waals surface area contributed by atoms with Crippen LogP contribution < -0.4 is 10.1 Å². The van der Waals surface area contributed by atoms with Crippen LogP contribution in [-0.2, 0) is 0 Å². The van der Waals surface area contributed by atoms with Crippen molar-refractivity contribution in [1.82, 2.24) is 14.6 Å². The van der Waals surface area contributed by atoms with Gasteiger partial charge in [-0.25, -0.2) is 4.98 Å². The van der Waals surface area contributed by atoms with E-state index >= 15 is 0 Å². The average molecular weight is 404 g/mol. The zero-order valence-corrected chi connectivity index (χ0v) is 16.9. The van der Waals surface area contributed by atoms with Crippen molar-refractivity contribution >= 4 is 22.2 Å². The van der Waals surface area contributed by atoms with Crippen LogP contribution in [0.2, 0.25) is 0 Å². The molecular weight excluding hydrogens is 380 g/mol. The van der Waals surface area contributed by atoms with Gasteiger partial charge in [0.05, 0.1) is 24.9 Å². The Labute approximate surface area is 173 Å². The number of anilines is 1. The summed E-state index contributed by atoms with van der Waals surface area (Å²) in [7, 11) is 1.67. The van der Waals surface area contributed by atoms with Crippen molar-refractivity contribution < 1.29 is 14.9 Å². The van der Waals surface area contributed by atoms with Gasteiger partial charge in [-0.2, -0.15) is 9.61 Å². The van der Waals surface area contributed by atoms with E-state index < -0.39 is 12.2 Å². The van der Waals surface area contributed by atoms with Gasteiger partial charge in [-0.1, -0.05) is 31.2 Å². The Morgan fingerprint density at radius 3 is 2.60 bits per heavy atom. The van der Waals surface area contributed by atoms with Crippen molar-refractivity contribution in [2.75, 3.05) is 12.4 Å². The van der Waals surface area contributed by atoms with Crippen LogP contribution in [0.15, 0.2) is 54.7 Å². The maximum atomic E-state index is 10.3. The fourth-order valence-corrected chi connectivity index (χ4v) is 4.40. The molecule has 30 heavy (non-hydrogen) atoms. The molecular formula is C23H24N4O3. The van der Waals surface area contributed by atoms with Gasteiger partial charge < -0.3 is 20.3 Å². The molecule has 2 aromatic heterocycles. The fourth-order valence-electron chi connectivity index (χ4n) is 4.40. The molecule has 2 heterocycles. The van der Waals surface area contributed by atoms with E-state index in [1.807, 2.05) is 49.4 Å². The Hall–Kier alpha value is -3.16. The molecule has 1 fully saturated rings. The summed E-state index contributed by atoms with van der Waals surface area (Å²) in [6, 6.07) is 15.6. The molecule has 0 radical (unpaired) electrons. The molecule has 7 nitrogen and oxygen atoms in total. The molecule has 5 rings (SSSR count). The van der Waals surface area contributed by atoms with Crippen molar-refractivity contribution in [3.63, 3.8) is 0 Å². The van der Waals surface area contributed by atoms with Crippen LogP contribution in [0.25, 0.3) is 27.7 Å². The van der Waals surface area contributed by atoms with Crippen molar-refractivity contribution in [2.24, 2.45) is 5.92 Å². The first-order valence-corrected chi connectivity index (χ1v) is 10.1. The molecule has 1 aliphatic carbocycles. The van der Waals surface area contributed by atoms with E-state index in [1.54, 1.807) is 17.8 Å². The van der Waals surface area contributed by atoms with Crippen LogP contribution in [0.1, 0.15) is 13.3 Å². The Morgan fingerprint density at radius 1 is 1.07 bits per heavy atom. The maximum Gasteiger partial charge on any atom is 0.157 e. The molecule has 0 spiro atoms. The number of hydrogen-bond donors (Lipinski definition) is 3. The number of nitrogens with one attached hydrogen (secondary N) is 1. The van der Waals surface area contributed by atoms with Crippen molar-refractivity contribution in [1.29, 1.82) is 0 Å². The molecule has 2 aromatic carbocycles. The number of fused-ring (bicyclic) bond motifs is 2. The first-order valence-electron chi connectivity index (χ1n) is 10.1. The summed E-state index contributed by atoms with van der Waals surface area (Å²) >= 11 is 0. The molecule has 0 bridgehead atoms. The monoisotopic (exact) mass is 404 g/mol. The number of nitrogens with zero attached hydrogens (tertiary/aromatic N) is 3. The van der Waals surface area contributed by atoms with E-state index in [4.69, 9.17) is 9.84 Å². The molecule has 0 saturated heterocycles. The lowest BCUT2D eigenvalue weighted by atomic mass is 10.0. The third kappa shape index (κ3) is 2.98. The van der Waals surface area contributed by atoms with Crippen LogP contribution in [0.5, 0.6) is 5.75 Å². The summed E-state index contributed by atoms with van der Waals surface area (Å²) in [6.07, 6.45) is 0.863. The molecule has 4 aromatic rings. The van der Waals surface area contributed by atoms with Crippen LogP contribution in [0, 0.1) is 5.92 Å². The van der Waals surface area contributed by atoms with E-state index in [9.17, 15) is 10.2 Å².